The summed E-state index contributed by atoms with van der Waals surface area (Å²) in [7, 11) is 0. The van der Waals surface area contributed by atoms with Crippen molar-refractivity contribution in [2.24, 2.45) is 0 Å². The van der Waals surface area contributed by atoms with Gasteiger partial charge in [0.15, 0.2) is 0 Å². The maximum absolute atomic E-state index is 13.4. The van der Waals surface area contributed by atoms with E-state index < -0.39 is 5.82 Å². The van der Waals surface area contributed by atoms with Gasteiger partial charge in [0.1, 0.15) is 5.82 Å². The van der Waals surface area contributed by atoms with Crippen LogP contribution in [0.15, 0.2) is 83.3 Å². The van der Waals surface area contributed by atoms with Crippen LogP contribution >= 0.6 is 15.9 Å². The van der Waals surface area contributed by atoms with E-state index in [2.05, 4.69) is 21.2 Å². The van der Waals surface area contributed by atoms with Crippen molar-refractivity contribution in [1.82, 2.24) is 5.32 Å². The van der Waals surface area contributed by atoms with E-state index in [9.17, 15) is 9.18 Å². The summed E-state index contributed by atoms with van der Waals surface area (Å²) in [6.45, 7) is 0. The molecule has 4 heteroatoms. The molecule has 0 aliphatic rings. The Morgan fingerprint density at radius 3 is 2.21 bits per heavy atom. The molecule has 1 N–H and O–H groups in total. The normalized spacial score (nSPS) is 11.8. The lowest BCUT2D eigenvalue weighted by Gasteiger charge is -2.20. The first-order valence-electron chi connectivity index (χ1n) is 7.50. The van der Waals surface area contributed by atoms with Gasteiger partial charge in [-0.05, 0) is 41.5 Å². The molecule has 3 rings (SSSR count). The number of benzene rings is 3. The zero-order chi connectivity index (χ0) is 16.9. The molecule has 1 amide bonds. The van der Waals surface area contributed by atoms with Crippen LogP contribution in [0.1, 0.15) is 27.5 Å². The number of carbonyl (C=O) groups is 1. The molecule has 0 aliphatic carbocycles. The standard InChI is InChI=1S/C20H15BrFNO/c21-17-11-9-15(10-12-17)19(14-5-2-1-3-6-14)23-20(24)16-7-4-8-18(22)13-16/h1-13,19H,(H,23,24). The second-order valence-electron chi connectivity index (χ2n) is 5.38. The topological polar surface area (TPSA) is 29.1 Å². The Morgan fingerprint density at radius 2 is 1.54 bits per heavy atom. The highest BCUT2D eigenvalue weighted by molar-refractivity contribution is 9.10. The molecule has 0 fully saturated rings. The van der Waals surface area contributed by atoms with E-state index in [1.807, 2.05) is 54.6 Å². The Balaban J connectivity index is 1.93. The maximum atomic E-state index is 13.4. The van der Waals surface area contributed by atoms with Crippen molar-refractivity contribution >= 4 is 21.8 Å². The van der Waals surface area contributed by atoms with Crippen LogP contribution in [0, 0.1) is 5.82 Å². The summed E-state index contributed by atoms with van der Waals surface area (Å²) in [4.78, 5) is 12.5. The van der Waals surface area contributed by atoms with Crippen molar-refractivity contribution in [3.05, 3.63) is 106 Å². The molecule has 24 heavy (non-hydrogen) atoms. The molecule has 0 aromatic heterocycles. The van der Waals surface area contributed by atoms with Gasteiger partial charge in [-0.1, -0.05) is 64.5 Å². The third-order valence-electron chi connectivity index (χ3n) is 3.70. The number of nitrogens with one attached hydrogen (secondary N) is 1. The first kappa shape index (κ1) is 16.4. The van der Waals surface area contributed by atoms with Gasteiger partial charge in [-0.15, -0.1) is 0 Å². The quantitative estimate of drug-likeness (QED) is 0.666. The summed E-state index contributed by atoms with van der Waals surface area (Å²) in [6.07, 6.45) is 0. The van der Waals surface area contributed by atoms with Gasteiger partial charge in [0.2, 0.25) is 0 Å². The van der Waals surface area contributed by atoms with Gasteiger partial charge < -0.3 is 5.32 Å². The highest BCUT2D eigenvalue weighted by Gasteiger charge is 2.18. The van der Waals surface area contributed by atoms with Gasteiger partial charge in [0, 0.05) is 10.0 Å². The zero-order valence-electron chi connectivity index (χ0n) is 12.7. The van der Waals surface area contributed by atoms with Crippen LogP contribution in [0.4, 0.5) is 4.39 Å². The molecule has 3 aromatic rings. The predicted molar refractivity (Wildman–Crippen MR) is 96.3 cm³/mol. The number of hydrogen-bond donors (Lipinski definition) is 1. The van der Waals surface area contributed by atoms with Crippen molar-refractivity contribution in [2.45, 2.75) is 6.04 Å². The van der Waals surface area contributed by atoms with E-state index in [1.165, 1.54) is 18.2 Å². The van der Waals surface area contributed by atoms with Gasteiger partial charge in [0.25, 0.3) is 5.91 Å². The molecular formula is C20H15BrFNO. The molecule has 1 unspecified atom stereocenters. The van der Waals surface area contributed by atoms with E-state index in [0.29, 0.717) is 5.56 Å². The molecule has 0 heterocycles. The molecular weight excluding hydrogens is 369 g/mol. The van der Waals surface area contributed by atoms with Crippen LogP contribution in [0.25, 0.3) is 0 Å². The van der Waals surface area contributed by atoms with Gasteiger partial charge in [-0.3, -0.25) is 4.79 Å². The second kappa shape index (κ2) is 7.41. The van der Waals surface area contributed by atoms with Crippen molar-refractivity contribution in [3.63, 3.8) is 0 Å². The summed E-state index contributed by atoms with van der Waals surface area (Å²) >= 11 is 3.42. The molecule has 3 aromatic carbocycles. The van der Waals surface area contributed by atoms with Crippen LogP contribution in [0.2, 0.25) is 0 Å². The van der Waals surface area contributed by atoms with Crippen molar-refractivity contribution < 1.29 is 9.18 Å². The molecule has 0 spiro atoms. The lowest BCUT2D eigenvalue weighted by Crippen LogP contribution is -2.29. The molecule has 0 bridgehead atoms. The van der Waals surface area contributed by atoms with Crippen LogP contribution in [0.5, 0.6) is 0 Å². The number of hydrogen-bond acceptors (Lipinski definition) is 1. The van der Waals surface area contributed by atoms with Crippen molar-refractivity contribution in [1.29, 1.82) is 0 Å². The van der Waals surface area contributed by atoms with Gasteiger partial charge in [-0.2, -0.15) is 0 Å². The second-order valence-corrected chi connectivity index (χ2v) is 6.29. The average molecular weight is 384 g/mol. The Hall–Kier alpha value is -2.46. The highest BCUT2D eigenvalue weighted by atomic mass is 79.9. The number of amides is 1. The maximum Gasteiger partial charge on any atom is 0.252 e. The smallest absolute Gasteiger partial charge is 0.252 e. The minimum Gasteiger partial charge on any atom is -0.341 e. The van der Waals surface area contributed by atoms with Crippen molar-refractivity contribution in [2.75, 3.05) is 0 Å². The van der Waals surface area contributed by atoms with E-state index in [0.717, 1.165) is 15.6 Å². The fourth-order valence-corrected chi connectivity index (χ4v) is 2.77. The van der Waals surface area contributed by atoms with Crippen LogP contribution in [-0.2, 0) is 0 Å². The highest BCUT2D eigenvalue weighted by Crippen LogP contribution is 2.24. The van der Waals surface area contributed by atoms with Crippen LogP contribution < -0.4 is 5.32 Å². The minimum absolute atomic E-state index is 0.299. The van der Waals surface area contributed by atoms with E-state index in [-0.39, 0.29) is 11.9 Å². The minimum atomic E-state index is -0.428. The largest absolute Gasteiger partial charge is 0.341 e. The Morgan fingerprint density at radius 1 is 0.875 bits per heavy atom. The molecule has 0 radical (unpaired) electrons. The first-order valence-corrected chi connectivity index (χ1v) is 8.29. The third-order valence-corrected chi connectivity index (χ3v) is 4.23. The Kier molecular flexibility index (Phi) is 5.06. The third kappa shape index (κ3) is 3.89. The number of rotatable bonds is 4. The van der Waals surface area contributed by atoms with Crippen LogP contribution in [0.3, 0.4) is 0 Å². The Labute approximate surface area is 148 Å². The molecule has 0 aliphatic heterocycles. The first-order chi connectivity index (χ1) is 11.6. The fraction of sp³-hybridized carbons (Fsp3) is 0.0500. The summed E-state index contributed by atoms with van der Waals surface area (Å²) < 4.78 is 14.3. The molecule has 120 valence electrons. The van der Waals surface area contributed by atoms with Gasteiger partial charge >= 0.3 is 0 Å². The Bertz CT molecular complexity index is 834. The monoisotopic (exact) mass is 383 g/mol. The molecule has 0 saturated heterocycles. The van der Waals surface area contributed by atoms with E-state index in [4.69, 9.17) is 0 Å². The van der Waals surface area contributed by atoms with Crippen LogP contribution in [-0.4, -0.2) is 5.91 Å². The lowest BCUT2D eigenvalue weighted by atomic mass is 9.98. The summed E-state index contributed by atoms with van der Waals surface area (Å²) in [5.74, 6) is -0.742. The van der Waals surface area contributed by atoms with Gasteiger partial charge in [0.05, 0.1) is 6.04 Å². The predicted octanol–water partition coefficient (Wildman–Crippen LogP) is 5.11. The number of carbonyl (C=O) groups excluding carboxylic acids is 1. The zero-order valence-corrected chi connectivity index (χ0v) is 14.3. The summed E-state index contributed by atoms with van der Waals surface area (Å²) in [6, 6.07) is 22.8. The molecule has 1 atom stereocenters. The summed E-state index contributed by atoms with van der Waals surface area (Å²) in [5.41, 5.74) is 2.21. The average Bonchev–Trinajstić information content (AvgIpc) is 2.61. The molecule has 0 saturated carbocycles. The van der Waals surface area contributed by atoms with E-state index in [1.54, 1.807) is 6.07 Å². The van der Waals surface area contributed by atoms with E-state index >= 15 is 0 Å². The lowest BCUT2D eigenvalue weighted by molar-refractivity contribution is 0.0942. The molecule has 2 nitrogen and oxygen atoms in total. The SMILES string of the molecule is O=C(NC(c1ccccc1)c1ccc(Br)cc1)c1cccc(F)c1. The summed E-state index contributed by atoms with van der Waals surface area (Å²) in [5, 5.41) is 2.99. The van der Waals surface area contributed by atoms with Crippen molar-refractivity contribution in [3.8, 4) is 0 Å². The van der Waals surface area contributed by atoms with Gasteiger partial charge in [-0.25, -0.2) is 4.39 Å². The number of halogens is 2. The fourth-order valence-electron chi connectivity index (χ4n) is 2.50.